The number of hydrogen-bond donors (Lipinski definition) is 2. The van der Waals surface area contributed by atoms with Gasteiger partial charge in [-0.1, -0.05) is 6.07 Å². The monoisotopic (exact) mass is 288 g/mol. The molecular formula is C15H17FN4O. The number of hydrogen-bond acceptors (Lipinski definition) is 3. The van der Waals surface area contributed by atoms with E-state index in [4.69, 9.17) is 0 Å². The zero-order valence-electron chi connectivity index (χ0n) is 12.0. The molecule has 6 heteroatoms. The number of para-hydroxylation sites is 1. The first kappa shape index (κ1) is 13.6. The maximum atomic E-state index is 14.0. The third-order valence-corrected chi connectivity index (χ3v) is 3.42. The van der Waals surface area contributed by atoms with Crippen molar-refractivity contribution < 1.29 is 9.18 Å². The predicted octanol–water partition coefficient (Wildman–Crippen LogP) is 2.69. The van der Waals surface area contributed by atoms with Crippen molar-refractivity contribution in [2.45, 2.75) is 25.8 Å². The summed E-state index contributed by atoms with van der Waals surface area (Å²) in [6.07, 6.45) is 2.15. The third-order valence-electron chi connectivity index (χ3n) is 3.42. The number of benzene rings is 1. The van der Waals surface area contributed by atoms with Crippen LogP contribution in [0.4, 0.5) is 15.8 Å². The highest BCUT2D eigenvalue weighted by Crippen LogP contribution is 2.31. The Bertz CT molecular complexity index is 691. The van der Waals surface area contributed by atoms with Gasteiger partial charge in [0.25, 0.3) is 5.91 Å². The van der Waals surface area contributed by atoms with Gasteiger partial charge in [0.05, 0.1) is 11.4 Å². The Morgan fingerprint density at radius 3 is 2.81 bits per heavy atom. The molecule has 1 amide bonds. The van der Waals surface area contributed by atoms with Crippen molar-refractivity contribution in [3.05, 3.63) is 41.5 Å². The zero-order valence-corrected chi connectivity index (χ0v) is 12.0. The van der Waals surface area contributed by atoms with E-state index in [1.54, 1.807) is 32.2 Å². The molecule has 1 aromatic heterocycles. The van der Waals surface area contributed by atoms with Gasteiger partial charge in [-0.25, -0.2) is 4.39 Å². The van der Waals surface area contributed by atoms with E-state index in [9.17, 15) is 9.18 Å². The van der Waals surface area contributed by atoms with Gasteiger partial charge in [0.1, 0.15) is 17.2 Å². The van der Waals surface area contributed by atoms with Crippen molar-refractivity contribution in [2.24, 2.45) is 7.05 Å². The van der Waals surface area contributed by atoms with Gasteiger partial charge < -0.3 is 10.6 Å². The number of nitrogens with zero attached hydrogens (tertiary/aromatic N) is 2. The second-order valence-electron chi connectivity index (χ2n) is 5.33. The van der Waals surface area contributed by atoms with Crippen molar-refractivity contribution in [2.75, 3.05) is 10.6 Å². The van der Waals surface area contributed by atoms with E-state index in [0.717, 1.165) is 18.5 Å². The maximum Gasteiger partial charge on any atom is 0.274 e. The summed E-state index contributed by atoms with van der Waals surface area (Å²) in [4.78, 5) is 12.3. The van der Waals surface area contributed by atoms with Crippen LogP contribution in [-0.4, -0.2) is 21.7 Å². The molecule has 21 heavy (non-hydrogen) atoms. The van der Waals surface area contributed by atoms with Crippen LogP contribution >= 0.6 is 0 Å². The third kappa shape index (κ3) is 2.89. The van der Waals surface area contributed by atoms with Crippen LogP contribution in [0.2, 0.25) is 0 Å². The molecule has 5 nitrogen and oxygen atoms in total. The summed E-state index contributed by atoms with van der Waals surface area (Å²) in [6, 6.07) is 6.78. The molecule has 1 aliphatic carbocycles. The average Bonchev–Trinajstić information content (AvgIpc) is 3.17. The molecular weight excluding hydrogens is 271 g/mol. The fourth-order valence-electron chi connectivity index (χ4n) is 2.22. The Morgan fingerprint density at radius 2 is 2.19 bits per heavy atom. The summed E-state index contributed by atoms with van der Waals surface area (Å²) >= 11 is 0. The van der Waals surface area contributed by atoms with E-state index in [1.807, 2.05) is 0 Å². The van der Waals surface area contributed by atoms with Crippen LogP contribution in [0, 0.1) is 12.7 Å². The van der Waals surface area contributed by atoms with Gasteiger partial charge in [0.15, 0.2) is 0 Å². The molecule has 1 aromatic carbocycles. The molecule has 1 saturated carbocycles. The lowest BCUT2D eigenvalue weighted by Crippen LogP contribution is -2.18. The van der Waals surface area contributed by atoms with Gasteiger partial charge in [-0.05, 0) is 38.0 Å². The SMILES string of the molecule is Cc1cc(C(=O)Nc2c(F)cccc2NC2CC2)n(C)n1. The molecule has 3 rings (SSSR count). The fraction of sp³-hybridized carbons (Fsp3) is 0.333. The smallest absolute Gasteiger partial charge is 0.274 e. The van der Waals surface area contributed by atoms with Crippen LogP contribution in [0.5, 0.6) is 0 Å². The minimum Gasteiger partial charge on any atom is -0.381 e. The van der Waals surface area contributed by atoms with E-state index in [1.165, 1.54) is 10.7 Å². The molecule has 1 aliphatic rings. The summed E-state index contributed by atoms with van der Waals surface area (Å²) in [7, 11) is 1.69. The Hall–Kier alpha value is -2.37. The van der Waals surface area contributed by atoms with E-state index >= 15 is 0 Å². The first-order valence-corrected chi connectivity index (χ1v) is 6.91. The topological polar surface area (TPSA) is 59.0 Å². The summed E-state index contributed by atoms with van der Waals surface area (Å²) < 4.78 is 15.5. The van der Waals surface area contributed by atoms with Crippen LogP contribution in [0.25, 0.3) is 0 Å². The predicted molar refractivity (Wildman–Crippen MR) is 78.9 cm³/mol. The number of aromatic nitrogens is 2. The Morgan fingerprint density at radius 1 is 1.43 bits per heavy atom. The summed E-state index contributed by atoms with van der Waals surface area (Å²) in [6.45, 7) is 1.81. The largest absolute Gasteiger partial charge is 0.381 e. The number of carbonyl (C=O) groups is 1. The highest BCUT2D eigenvalue weighted by Gasteiger charge is 2.23. The number of rotatable bonds is 4. The normalized spacial score (nSPS) is 14.0. The standard InChI is InChI=1S/C15H17FN4O/c1-9-8-13(20(2)19-9)15(21)18-14-11(16)4-3-5-12(14)17-10-6-7-10/h3-5,8,10,17H,6-7H2,1-2H3,(H,18,21). The molecule has 0 radical (unpaired) electrons. The number of nitrogens with one attached hydrogen (secondary N) is 2. The van der Waals surface area contributed by atoms with Crippen LogP contribution in [-0.2, 0) is 7.05 Å². The number of anilines is 2. The second-order valence-corrected chi connectivity index (χ2v) is 5.33. The van der Waals surface area contributed by atoms with Gasteiger partial charge in [0.2, 0.25) is 0 Å². The van der Waals surface area contributed by atoms with Crippen LogP contribution in [0.3, 0.4) is 0 Å². The van der Waals surface area contributed by atoms with Gasteiger partial charge in [-0.3, -0.25) is 9.48 Å². The lowest BCUT2D eigenvalue weighted by atomic mass is 10.2. The average molecular weight is 288 g/mol. The zero-order chi connectivity index (χ0) is 15.0. The number of amides is 1. The molecule has 1 fully saturated rings. The van der Waals surface area contributed by atoms with Gasteiger partial charge in [0, 0.05) is 13.1 Å². The lowest BCUT2D eigenvalue weighted by Gasteiger charge is -2.13. The molecule has 110 valence electrons. The molecule has 0 unspecified atom stereocenters. The van der Waals surface area contributed by atoms with Crippen LogP contribution in [0.1, 0.15) is 29.0 Å². The van der Waals surface area contributed by atoms with Crippen molar-refractivity contribution in [3.8, 4) is 0 Å². The van der Waals surface area contributed by atoms with E-state index in [-0.39, 0.29) is 11.6 Å². The van der Waals surface area contributed by atoms with Gasteiger partial charge in [-0.15, -0.1) is 0 Å². The van der Waals surface area contributed by atoms with Crippen LogP contribution in [0.15, 0.2) is 24.3 Å². The fourth-order valence-corrected chi connectivity index (χ4v) is 2.22. The lowest BCUT2D eigenvalue weighted by molar-refractivity contribution is 0.101. The highest BCUT2D eigenvalue weighted by atomic mass is 19.1. The minimum atomic E-state index is -0.451. The van der Waals surface area contributed by atoms with Crippen molar-refractivity contribution in [1.82, 2.24) is 9.78 Å². The second kappa shape index (κ2) is 5.20. The molecule has 2 aromatic rings. The molecule has 1 heterocycles. The summed E-state index contributed by atoms with van der Waals surface area (Å²) in [5, 5.41) is 9.99. The maximum absolute atomic E-state index is 14.0. The first-order chi connectivity index (χ1) is 10.0. The van der Waals surface area contributed by atoms with Crippen molar-refractivity contribution >= 4 is 17.3 Å². The van der Waals surface area contributed by atoms with Crippen molar-refractivity contribution in [3.63, 3.8) is 0 Å². The quantitative estimate of drug-likeness (QED) is 0.909. The van der Waals surface area contributed by atoms with E-state index in [0.29, 0.717) is 17.4 Å². The molecule has 0 aliphatic heterocycles. The number of carbonyl (C=O) groups excluding carboxylic acids is 1. The minimum absolute atomic E-state index is 0.188. The van der Waals surface area contributed by atoms with Gasteiger partial charge in [-0.2, -0.15) is 5.10 Å². The molecule has 0 bridgehead atoms. The summed E-state index contributed by atoms with van der Waals surface area (Å²) in [5.74, 6) is -0.824. The summed E-state index contributed by atoms with van der Waals surface area (Å²) in [5.41, 5.74) is 1.94. The molecule has 0 atom stereocenters. The first-order valence-electron chi connectivity index (χ1n) is 6.91. The van der Waals surface area contributed by atoms with Crippen LogP contribution < -0.4 is 10.6 Å². The number of halogens is 1. The molecule has 0 saturated heterocycles. The molecule has 2 N–H and O–H groups in total. The van der Waals surface area contributed by atoms with Crippen molar-refractivity contribution in [1.29, 1.82) is 0 Å². The highest BCUT2D eigenvalue weighted by molar-refractivity contribution is 6.05. The van der Waals surface area contributed by atoms with E-state index in [2.05, 4.69) is 15.7 Å². The Balaban J connectivity index is 1.86. The number of aryl methyl sites for hydroxylation is 2. The van der Waals surface area contributed by atoms with E-state index < -0.39 is 5.82 Å². The Kier molecular flexibility index (Phi) is 3.37. The van der Waals surface area contributed by atoms with Gasteiger partial charge >= 0.3 is 0 Å². The molecule has 0 spiro atoms. The Labute approximate surface area is 122 Å².